The summed E-state index contributed by atoms with van der Waals surface area (Å²) in [6.45, 7) is 2.82. The zero-order chi connectivity index (χ0) is 13.8. The van der Waals surface area contributed by atoms with Crippen LogP contribution in [0.5, 0.6) is 0 Å². The average molecular weight is 274 g/mol. The van der Waals surface area contributed by atoms with Gasteiger partial charge in [-0.3, -0.25) is 0 Å². The molecule has 4 aliphatic carbocycles. The highest BCUT2D eigenvalue weighted by Crippen LogP contribution is 2.57. The van der Waals surface area contributed by atoms with E-state index < -0.39 is 23.3 Å². The molecule has 0 aromatic heterocycles. The van der Waals surface area contributed by atoms with Crippen molar-refractivity contribution in [2.45, 2.75) is 50.3 Å². The summed E-state index contributed by atoms with van der Waals surface area (Å²) >= 11 is 0. The molecule has 0 atom stereocenters. The van der Waals surface area contributed by atoms with Crippen molar-refractivity contribution in [2.24, 2.45) is 17.8 Å². The van der Waals surface area contributed by atoms with Crippen LogP contribution in [-0.2, 0) is 9.53 Å². The molecule has 0 aromatic rings. The van der Waals surface area contributed by atoms with E-state index in [1.807, 2.05) is 0 Å². The maximum Gasteiger partial charge on any atom is 0.422 e. The molecule has 0 spiro atoms. The molecule has 4 rings (SSSR count). The highest BCUT2D eigenvalue weighted by molar-refractivity contribution is 5.89. The van der Waals surface area contributed by atoms with E-state index in [1.165, 1.54) is 0 Å². The maximum absolute atomic E-state index is 12.5. The van der Waals surface area contributed by atoms with Gasteiger partial charge in [0.25, 0.3) is 0 Å². The fourth-order valence-electron chi connectivity index (χ4n) is 4.53. The molecule has 5 heteroatoms. The highest BCUT2D eigenvalue weighted by Gasteiger charge is 2.54. The molecule has 2 nitrogen and oxygen atoms in total. The Kier molecular flexibility index (Phi) is 2.74. The lowest BCUT2D eigenvalue weighted by atomic mass is 9.54. The first-order valence-electron chi connectivity index (χ1n) is 6.77. The Hall–Kier alpha value is -1.00. The topological polar surface area (TPSA) is 26.3 Å². The molecule has 0 aromatic carbocycles. The zero-order valence-electron chi connectivity index (χ0n) is 10.6. The second-order valence-corrected chi connectivity index (χ2v) is 6.47. The molecule has 0 amide bonds. The monoisotopic (exact) mass is 274 g/mol. The van der Waals surface area contributed by atoms with Crippen LogP contribution in [0.15, 0.2) is 12.2 Å². The molecule has 4 saturated carbocycles. The van der Waals surface area contributed by atoms with Crippen LogP contribution in [0.3, 0.4) is 0 Å². The van der Waals surface area contributed by atoms with Crippen molar-refractivity contribution in [3.05, 3.63) is 12.2 Å². The minimum absolute atomic E-state index is 0.526. The molecule has 0 radical (unpaired) electrons. The first-order chi connectivity index (χ1) is 8.77. The fourth-order valence-corrected chi connectivity index (χ4v) is 4.53. The standard InChI is InChI=1S/C14H17F3O2/c1-8(14(15,16)17)12(18)19-13-5-9-2-10(6-13)4-11(3-9)7-13/h9-11H,1-7H2. The molecular weight excluding hydrogens is 257 g/mol. The Morgan fingerprint density at radius 3 is 1.84 bits per heavy atom. The number of carbonyl (C=O) groups excluding carboxylic acids is 1. The van der Waals surface area contributed by atoms with E-state index in [-0.39, 0.29) is 0 Å². The van der Waals surface area contributed by atoms with E-state index >= 15 is 0 Å². The summed E-state index contributed by atoms with van der Waals surface area (Å²) < 4.78 is 42.7. The van der Waals surface area contributed by atoms with Gasteiger partial charge in [-0.2, -0.15) is 13.2 Å². The molecule has 0 N–H and O–H groups in total. The summed E-state index contributed by atoms with van der Waals surface area (Å²) in [7, 11) is 0. The minimum atomic E-state index is -4.70. The Bertz CT molecular complexity index is 390. The van der Waals surface area contributed by atoms with Gasteiger partial charge in [-0.15, -0.1) is 0 Å². The molecule has 0 unspecified atom stereocenters. The van der Waals surface area contributed by atoms with E-state index in [0.29, 0.717) is 17.8 Å². The van der Waals surface area contributed by atoms with Gasteiger partial charge in [0.2, 0.25) is 0 Å². The van der Waals surface area contributed by atoms with Crippen molar-refractivity contribution in [1.29, 1.82) is 0 Å². The molecule has 0 saturated heterocycles. The molecule has 4 aliphatic rings. The normalized spacial score (nSPS) is 40.3. The van der Waals surface area contributed by atoms with Crippen LogP contribution in [-0.4, -0.2) is 17.7 Å². The van der Waals surface area contributed by atoms with Gasteiger partial charge in [0.05, 0.1) is 0 Å². The zero-order valence-corrected chi connectivity index (χ0v) is 10.6. The average Bonchev–Trinajstić information content (AvgIpc) is 2.23. The van der Waals surface area contributed by atoms with Crippen LogP contribution < -0.4 is 0 Å². The highest BCUT2D eigenvalue weighted by atomic mass is 19.4. The van der Waals surface area contributed by atoms with Crippen molar-refractivity contribution in [1.82, 2.24) is 0 Å². The Morgan fingerprint density at radius 1 is 1.05 bits per heavy atom. The molecule has 4 bridgehead atoms. The summed E-state index contributed by atoms with van der Waals surface area (Å²) in [5, 5.41) is 0. The lowest BCUT2D eigenvalue weighted by Gasteiger charge is -2.55. The van der Waals surface area contributed by atoms with Crippen LogP contribution in [0.25, 0.3) is 0 Å². The Labute approximate surface area is 110 Å². The predicted molar refractivity (Wildman–Crippen MR) is 62.2 cm³/mol. The minimum Gasteiger partial charge on any atom is -0.455 e. The van der Waals surface area contributed by atoms with E-state index in [1.54, 1.807) is 0 Å². The SMILES string of the molecule is C=C(C(=O)OC12CC3CC(CC(C3)C1)C2)C(F)(F)F. The Balaban J connectivity index is 1.73. The van der Waals surface area contributed by atoms with Crippen molar-refractivity contribution >= 4 is 5.97 Å². The van der Waals surface area contributed by atoms with Crippen molar-refractivity contribution in [3.63, 3.8) is 0 Å². The van der Waals surface area contributed by atoms with E-state index in [0.717, 1.165) is 38.5 Å². The van der Waals surface area contributed by atoms with Crippen LogP contribution in [0.4, 0.5) is 13.2 Å². The summed E-state index contributed by atoms with van der Waals surface area (Å²) in [5.41, 5.74) is -2.02. The number of rotatable bonds is 2. The third-order valence-corrected chi connectivity index (χ3v) is 4.88. The maximum atomic E-state index is 12.5. The number of ether oxygens (including phenoxy) is 1. The Morgan fingerprint density at radius 2 is 1.47 bits per heavy atom. The van der Waals surface area contributed by atoms with Gasteiger partial charge in [0.15, 0.2) is 0 Å². The first kappa shape index (κ1) is 13.0. The molecular formula is C14H17F3O2. The van der Waals surface area contributed by atoms with Gasteiger partial charge in [0, 0.05) is 0 Å². The van der Waals surface area contributed by atoms with Crippen LogP contribution in [0.2, 0.25) is 0 Å². The largest absolute Gasteiger partial charge is 0.455 e. The number of hydrogen-bond acceptors (Lipinski definition) is 2. The molecule has 0 heterocycles. The van der Waals surface area contributed by atoms with Crippen molar-refractivity contribution in [2.75, 3.05) is 0 Å². The quantitative estimate of drug-likeness (QED) is 0.568. The van der Waals surface area contributed by atoms with E-state index in [2.05, 4.69) is 6.58 Å². The van der Waals surface area contributed by atoms with Gasteiger partial charge >= 0.3 is 12.1 Å². The fraction of sp³-hybridized carbons (Fsp3) is 0.786. The van der Waals surface area contributed by atoms with Crippen molar-refractivity contribution < 1.29 is 22.7 Å². The van der Waals surface area contributed by atoms with Crippen LogP contribution >= 0.6 is 0 Å². The van der Waals surface area contributed by atoms with Gasteiger partial charge in [-0.1, -0.05) is 6.58 Å². The van der Waals surface area contributed by atoms with Gasteiger partial charge in [-0.05, 0) is 56.3 Å². The second kappa shape index (κ2) is 4.00. The summed E-state index contributed by atoms with van der Waals surface area (Å²) in [6, 6.07) is 0. The lowest BCUT2D eigenvalue weighted by molar-refractivity contribution is -0.188. The van der Waals surface area contributed by atoms with Gasteiger partial charge in [-0.25, -0.2) is 4.79 Å². The molecule has 19 heavy (non-hydrogen) atoms. The smallest absolute Gasteiger partial charge is 0.422 e. The third kappa shape index (κ3) is 2.28. The van der Waals surface area contributed by atoms with Crippen LogP contribution in [0.1, 0.15) is 38.5 Å². The summed E-state index contributed by atoms with van der Waals surface area (Å²) in [4.78, 5) is 11.6. The number of esters is 1. The molecule has 0 aliphatic heterocycles. The first-order valence-corrected chi connectivity index (χ1v) is 6.77. The number of alkyl halides is 3. The van der Waals surface area contributed by atoms with Gasteiger partial charge < -0.3 is 4.74 Å². The summed E-state index contributed by atoms with van der Waals surface area (Å²) in [6.07, 6.45) is 0.950. The summed E-state index contributed by atoms with van der Waals surface area (Å²) in [5.74, 6) is 0.295. The number of hydrogen-bond donors (Lipinski definition) is 0. The van der Waals surface area contributed by atoms with Crippen LogP contribution in [0, 0.1) is 17.8 Å². The predicted octanol–water partition coefficient (Wildman–Crippen LogP) is 3.62. The van der Waals surface area contributed by atoms with Crippen molar-refractivity contribution in [3.8, 4) is 0 Å². The third-order valence-electron chi connectivity index (χ3n) is 4.88. The molecule has 4 fully saturated rings. The number of carbonyl (C=O) groups is 1. The lowest BCUT2D eigenvalue weighted by Crippen LogP contribution is -2.53. The number of halogens is 3. The van der Waals surface area contributed by atoms with E-state index in [9.17, 15) is 18.0 Å². The van der Waals surface area contributed by atoms with Gasteiger partial charge in [0.1, 0.15) is 11.2 Å². The second-order valence-electron chi connectivity index (χ2n) is 6.47. The molecule has 106 valence electrons. The van der Waals surface area contributed by atoms with E-state index in [4.69, 9.17) is 4.74 Å².